The molecule has 1 aliphatic carbocycles. The van der Waals surface area contributed by atoms with Gasteiger partial charge in [0.1, 0.15) is 5.82 Å². The predicted octanol–water partition coefficient (Wildman–Crippen LogP) is 5.12. The van der Waals surface area contributed by atoms with Crippen LogP contribution in [0.3, 0.4) is 0 Å². The van der Waals surface area contributed by atoms with Gasteiger partial charge in [0.25, 0.3) is 0 Å². The van der Waals surface area contributed by atoms with Crippen molar-refractivity contribution in [3.63, 3.8) is 0 Å². The zero-order chi connectivity index (χ0) is 15.2. The van der Waals surface area contributed by atoms with Gasteiger partial charge in [0.2, 0.25) is 0 Å². The van der Waals surface area contributed by atoms with Crippen molar-refractivity contribution in [3.8, 4) is 0 Å². The summed E-state index contributed by atoms with van der Waals surface area (Å²) in [5, 5.41) is 2.65. The van der Waals surface area contributed by atoms with E-state index in [-0.39, 0.29) is 0 Å². The van der Waals surface area contributed by atoms with Gasteiger partial charge in [0.05, 0.1) is 11.0 Å². The molecule has 4 aromatic rings. The van der Waals surface area contributed by atoms with Gasteiger partial charge in [0.15, 0.2) is 0 Å². The second-order valence-corrected chi connectivity index (χ2v) is 6.46. The average molecular weight is 298 g/mol. The number of benzene rings is 3. The first-order valence-corrected chi connectivity index (χ1v) is 8.32. The van der Waals surface area contributed by atoms with Gasteiger partial charge in [-0.1, -0.05) is 54.6 Å². The van der Waals surface area contributed by atoms with Gasteiger partial charge in [-0.2, -0.15) is 0 Å². The van der Waals surface area contributed by atoms with Gasteiger partial charge >= 0.3 is 0 Å². The van der Waals surface area contributed by atoms with Crippen LogP contribution in [-0.2, 0) is 6.54 Å². The molecule has 1 fully saturated rings. The molecule has 0 saturated heterocycles. The lowest BCUT2D eigenvalue weighted by Crippen LogP contribution is -2.04. The summed E-state index contributed by atoms with van der Waals surface area (Å²) in [6, 6.07) is 23.7. The van der Waals surface area contributed by atoms with Crippen LogP contribution in [0.4, 0.5) is 0 Å². The highest BCUT2D eigenvalue weighted by atomic mass is 15.1. The summed E-state index contributed by atoms with van der Waals surface area (Å²) >= 11 is 0. The van der Waals surface area contributed by atoms with Crippen molar-refractivity contribution < 1.29 is 0 Å². The van der Waals surface area contributed by atoms with E-state index in [1.54, 1.807) is 0 Å². The molecule has 0 amide bonds. The van der Waals surface area contributed by atoms with Crippen LogP contribution in [-0.4, -0.2) is 9.55 Å². The first-order chi connectivity index (χ1) is 11.4. The highest BCUT2D eigenvalue weighted by molar-refractivity contribution is 5.86. The number of aromatic nitrogens is 2. The molecular weight excluding hydrogens is 280 g/mol. The number of rotatable bonds is 3. The van der Waals surface area contributed by atoms with E-state index < -0.39 is 0 Å². The molecule has 3 aromatic carbocycles. The van der Waals surface area contributed by atoms with Crippen LogP contribution >= 0.6 is 0 Å². The fourth-order valence-electron chi connectivity index (χ4n) is 3.51. The monoisotopic (exact) mass is 298 g/mol. The minimum absolute atomic E-state index is 0.650. The Morgan fingerprint density at radius 2 is 1.65 bits per heavy atom. The maximum atomic E-state index is 4.91. The zero-order valence-electron chi connectivity index (χ0n) is 12.9. The smallest absolute Gasteiger partial charge is 0.113 e. The van der Waals surface area contributed by atoms with E-state index in [2.05, 4.69) is 71.3 Å². The van der Waals surface area contributed by atoms with E-state index in [9.17, 15) is 0 Å². The van der Waals surface area contributed by atoms with Crippen LogP contribution in [0.15, 0.2) is 66.7 Å². The van der Waals surface area contributed by atoms with Crippen LogP contribution in [0.5, 0.6) is 0 Å². The van der Waals surface area contributed by atoms with E-state index >= 15 is 0 Å². The number of hydrogen-bond acceptors (Lipinski definition) is 1. The number of para-hydroxylation sites is 2. The summed E-state index contributed by atoms with van der Waals surface area (Å²) in [5.41, 5.74) is 3.74. The van der Waals surface area contributed by atoms with Crippen molar-refractivity contribution in [2.24, 2.45) is 0 Å². The SMILES string of the molecule is c1ccc2c(Cn3c(C4CC4)nc4ccccc43)cccc2c1. The molecule has 5 rings (SSSR count). The summed E-state index contributed by atoms with van der Waals surface area (Å²) in [4.78, 5) is 4.91. The molecule has 0 spiro atoms. The van der Waals surface area contributed by atoms with E-state index in [0.717, 1.165) is 12.1 Å². The maximum Gasteiger partial charge on any atom is 0.113 e. The highest BCUT2D eigenvalue weighted by Crippen LogP contribution is 2.41. The largest absolute Gasteiger partial charge is 0.323 e. The minimum atomic E-state index is 0.650. The molecule has 2 nitrogen and oxygen atoms in total. The quantitative estimate of drug-likeness (QED) is 0.513. The molecule has 1 aliphatic rings. The highest BCUT2D eigenvalue weighted by Gasteiger charge is 2.29. The Morgan fingerprint density at radius 3 is 2.57 bits per heavy atom. The van der Waals surface area contributed by atoms with Crippen molar-refractivity contribution in [2.45, 2.75) is 25.3 Å². The third kappa shape index (κ3) is 2.14. The lowest BCUT2D eigenvalue weighted by atomic mass is 10.0. The first-order valence-electron chi connectivity index (χ1n) is 8.32. The number of hydrogen-bond donors (Lipinski definition) is 0. The average Bonchev–Trinajstić information content (AvgIpc) is 3.38. The molecule has 0 radical (unpaired) electrons. The predicted molar refractivity (Wildman–Crippen MR) is 94.8 cm³/mol. The van der Waals surface area contributed by atoms with Crippen molar-refractivity contribution in [1.29, 1.82) is 0 Å². The maximum absolute atomic E-state index is 4.91. The van der Waals surface area contributed by atoms with Gasteiger partial charge < -0.3 is 4.57 Å². The molecule has 1 aromatic heterocycles. The van der Waals surface area contributed by atoms with Crippen LogP contribution in [0.2, 0.25) is 0 Å². The van der Waals surface area contributed by atoms with Crippen molar-refractivity contribution >= 4 is 21.8 Å². The molecule has 1 saturated carbocycles. The summed E-state index contributed by atoms with van der Waals surface area (Å²) in [6.07, 6.45) is 2.55. The molecular formula is C21H18N2. The fourth-order valence-corrected chi connectivity index (χ4v) is 3.51. The van der Waals surface area contributed by atoms with E-state index in [0.29, 0.717) is 5.92 Å². The van der Waals surface area contributed by atoms with Gasteiger partial charge in [-0.15, -0.1) is 0 Å². The van der Waals surface area contributed by atoms with Gasteiger partial charge in [-0.25, -0.2) is 4.98 Å². The Labute approximate surface area is 135 Å². The van der Waals surface area contributed by atoms with Crippen molar-refractivity contribution in [1.82, 2.24) is 9.55 Å². The lowest BCUT2D eigenvalue weighted by molar-refractivity contribution is 0.750. The minimum Gasteiger partial charge on any atom is -0.323 e. The standard InChI is InChI=1S/C21H18N2/c1-2-9-18-15(6-1)7-5-8-17(18)14-23-20-11-4-3-10-19(20)22-21(23)16-12-13-16/h1-11,16H,12-14H2. The molecule has 23 heavy (non-hydrogen) atoms. The fraction of sp³-hybridized carbons (Fsp3) is 0.190. The number of imidazole rings is 1. The van der Waals surface area contributed by atoms with E-state index in [1.165, 1.54) is 40.5 Å². The molecule has 0 N–H and O–H groups in total. The van der Waals surface area contributed by atoms with Crippen LogP contribution < -0.4 is 0 Å². The Kier molecular flexibility index (Phi) is 2.77. The van der Waals surface area contributed by atoms with Crippen LogP contribution in [0.25, 0.3) is 21.8 Å². The second-order valence-electron chi connectivity index (χ2n) is 6.46. The second kappa shape index (κ2) is 4.95. The van der Waals surface area contributed by atoms with E-state index in [4.69, 9.17) is 4.98 Å². The first kappa shape index (κ1) is 12.9. The molecule has 0 aliphatic heterocycles. The summed E-state index contributed by atoms with van der Waals surface area (Å²) in [5.74, 6) is 1.91. The summed E-state index contributed by atoms with van der Waals surface area (Å²) in [7, 11) is 0. The third-order valence-corrected chi connectivity index (χ3v) is 4.83. The normalized spacial score (nSPS) is 14.6. The molecule has 0 bridgehead atoms. The number of fused-ring (bicyclic) bond motifs is 2. The summed E-state index contributed by atoms with van der Waals surface area (Å²) < 4.78 is 2.43. The molecule has 0 atom stereocenters. The van der Waals surface area contributed by atoms with Crippen LogP contribution in [0, 0.1) is 0 Å². The van der Waals surface area contributed by atoms with Gasteiger partial charge in [-0.05, 0) is 41.3 Å². The molecule has 1 heterocycles. The van der Waals surface area contributed by atoms with Gasteiger partial charge in [0, 0.05) is 12.5 Å². The Balaban J connectivity index is 1.70. The Bertz CT molecular complexity index is 1000. The molecule has 112 valence electrons. The Hall–Kier alpha value is -2.61. The Morgan fingerprint density at radius 1 is 0.870 bits per heavy atom. The van der Waals surface area contributed by atoms with Crippen LogP contribution in [0.1, 0.15) is 30.1 Å². The third-order valence-electron chi connectivity index (χ3n) is 4.83. The number of nitrogens with zero attached hydrogens (tertiary/aromatic N) is 2. The van der Waals surface area contributed by atoms with E-state index in [1.807, 2.05) is 0 Å². The molecule has 2 heteroatoms. The lowest BCUT2D eigenvalue weighted by Gasteiger charge is -2.11. The van der Waals surface area contributed by atoms with Crippen molar-refractivity contribution in [3.05, 3.63) is 78.1 Å². The van der Waals surface area contributed by atoms with Gasteiger partial charge in [-0.3, -0.25) is 0 Å². The zero-order valence-corrected chi connectivity index (χ0v) is 12.9. The topological polar surface area (TPSA) is 17.8 Å². The van der Waals surface area contributed by atoms with Crippen molar-refractivity contribution in [2.75, 3.05) is 0 Å². The summed E-state index contributed by atoms with van der Waals surface area (Å²) in [6.45, 7) is 0.897. The molecule has 0 unspecified atom stereocenters.